The predicted octanol–water partition coefficient (Wildman–Crippen LogP) is 5.25. The Bertz CT molecular complexity index is 1580. The van der Waals surface area contributed by atoms with E-state index >= 15 is 0 Å². The summed E-state index contributed by atoms with van der Waals surface area (Å²) in [5.41, 5.74) is 4.70. The largest absolute Gasteiger partial charge is 0.493 e. The number of nitrogens with one attached hydrogen (secondary N) is 1. The Morgan fingerprint density at radius 2 is 1.98 bits per heavy atom. The Kier molecular flexibility index (Phi) is 9.46. The Morgan fingerprint density at radius 1 is 1.20 bits per heavy atom. The third-order valence-corrected chi connectivity index (χ3v) is 8.80. The van der Waals surface area contributed by atoms with Crippen molar-refractivity contribution in [3.8, 4) is 17.2 Å². The van der Waals surface area contributed by atoms with E-state index in [4.69, 9.17) is 18.9 Å². The fourth-order valence-electron chi connectivity index (χ4n) is 4.84. The lowest BCUT2D eigenvalue weighted by molar-refractivity contribution is -0.140. The summed E-state index contributed by atoms with van der Waals surface area (Å²) in [6, 6.07) is 5.76. The second-order valence-electron chi connectivity index (χ2n) is 10.4. The number of fused-ring (bicyclic) bond motifs is 1. The molecule has 0 amide bonds. The number of esters is 1. The number of ether oxygens (including phenoxy) is 4. The molecule has 1 aromatic heterocycles. The molecule has 0 radical (unpaired) electrons. The summed E-state index contributed by atoms with van der Waals surface area (Å²) in [6.07, 6.45) is 5.43. The maximum Gasteiger partial charge on any atom is 0.305 e. The molecular formula is C31H36BrNO6S. The molecule has 4 rings (SSSR count). The van der Waals surface area contributed by atoms with Crippen LogP contribution in [0, 0.1) is 20.8 Å². The van der Waals surface area contributed by atoms with Crippen molar-refractivity contribution >= 4 is 45.9 Å². The van der Waals surface area contributed by atoms with Gasteiger partial charge >= 0.3 is 5.97 Å². The summed E-state index contributed by atoms with van der Waals surface area (Å²) < 4.78 is 25.8. The fourth-order valence-corrected chi connectivity index (χ4v) is 6.10. The number of aromatic amines is 1. The van der Waals surface area contributed by atoms with E-state index in [0.717, 1.165) is 63.9 Å². The molecule has 0 unspecified atom stereocenters. The first kappa shape index (κ1) is 29.9. The van der Waals surface area contributed by atoms with Gasteiger partial charge in [-0.25, -0.2) is 0 Å². The quantitative estimate of drug-likeness (QED) is 0.244. The molecule has 0 fully saturated rings. The van der Waals surface area contributed by atoms with Gasteiger partial charge in [-0.2, -0.15) is 0 Å². The number of carbonyl (C=O) groups excluding carboxylic acids is 1. The van der Waals surface area contributed by atoms with Crippen LogP contribution in [0.3, 0.4) is 0 Å². The van der Waals surface area contributed by atoms with E-state index in [1.807, 2.05) is 24.3 Å². The number of hydrogen-bond acceptors (Lipinski definition) is 7. The molecule has 2 heterocycles. The molecule has 0 saturated heterocycles. The van der Waals surface area contributed by atoms with Crippen LogP contribution in [0.5, 0.6) is 17.2 Å². The number of hydrogen-bond donors (Lipinski definition) is 1. The minimum Gasteiger partial charge on any atom is -0.493 e. The zero-order valence-corrected chi connectivity index (χ0v) is 26.1. The monoisotopic (exact) mass is 629 g/mol. The van der Waals surface area contributed by atoms with Gasteiger partial charge in [0.2, 0.25) is 0 Å². The smallest absolute Gasteiger partial charge is 0.305 e. The summed E-state index contributed by atoms with van der Waals surface area (Å²) in [5, 5.41) is 0. The van der Waals surface area contributed by atoms with E-state index in [1.54, 1.807) is 0 Å². The number of rotatable bonds is 10. The molecule has 1 atom stereocenters. The van der Waals surface area contributed by atoms with Gasteiger partial charge < -0.3 is 23.9 Å². The van der Waals surface area contributed by atoms with Gasteiger partial charge in [-0.05, 0) is 110 Å². The molecule has 1 aliphatic rings. The van der Waals surface area contributed by atoms with Crippen molar-refractivity contribution in [2.24, 2.45) is 0 Å². The average Bonchev–Trinajstić information content (AvgIpc) is 3.24. The number of carbonyl (C=O) groups is 1. The summed E-state index contributed by atoms with van der Waals surface area (Å²) >= 11 is 4.95. The highest BCUT2D eigenvalue weighted by Crippen LogP contribution is 2.44. The number of unbranched alkanes of at least 4 members (excludes halogenated alkanes) is 1. The van der Waals surface area contributed by atoms with E-state index < -0.39 is 5.60 Å². The van der Waals surface area contributed by atoms with Crippen molar-refractivity contribution in [3.63, 3.8) is 0 Å². The summed E-state index contributed by atoms with van der Waals surface area (Å²) in [5.74, 6) is 2.35. The van der Waals surface area contributed by atoms with Crippen LogP contribution in [0.2, 0.25) is 0 Å². The highest BCUT2D eigenvalue weighted by molar-refractivity contribution is 9.10. The van der Waals surface area contributed by atoms with Crippen LogP contribution >= 0.6 is 27.3 Å². The Balaban J connectivity index is 1.43. The van der Waals surface area contributed by atoms with Crippen LogP contribution in [0.15, 0.2) is 27.5 Å². The molecular weight excluding hydrogens is 594 g/mol. The van der Waals surface area contributed by atoms with Crippen LogP contribution in [0.4, 0.5) is 0 Å². The van der Waals surface area contributed by atoms with E-state index in [-0.39, 0.29) is 11.5 Å². The first-order chi connectivity index (χ1) is 19.0. The lowest BCUT2D eigenvalue weighted by Crippen LogP contribution is -2.42. The topological polar surface area (TPSA) is 86.9 Å². The van der Waals surface area contributed by atoms with E-state index in [9.17, 15) is 9.59 Å². The maximum absolute atomic E-state index is 12.0. The first-order valence-corrected chi connectivity index (χ1v) is 15.0. The zero-order valence-electron chi connectivity index (χ0n) is 23.7. The number of aromatic nitrogens is 1. The lowest BCUT2D eigenvalue weighted by Gasteiger charge is -2.38. The van der Waals surface area contributed by atoms with Crippen LogP contribution in [-0.4, -0.2) is 36.9 Å². The van der Waals surface area contributed by atoms with Gasteiger partial charge in [0.05, 0.1) is 27.4 Å². The van der Waals surface area contributed by atoms with Crippen LogP contribution in [0.25, 0.3) is 12.7 Å². The Labute approximate surface area is 247 Å². The minimum atomic E-state index is -0.494. The third-order valence-electron chi connectivity index (χ3n) is 7.31. The molecule has 0 spiro atoms. The number of halogens is 1. The second-order valence-corrected chi connectivity index (χ2v) is 12.4. The summed E-state index contributed by atoms with van der Waals surface area (Å²) in [4.78, 5) is 26.0. The minimum absolute atomic E-state index is 0.135. The normalized spacial score (nSPS) is 16.8. The number of methoxy groups -OCH3 is 1. The zero-order chi connectivity index (χ0) is 29.0. The van der Waals surface area contributed by atoms with E-state index in [1.165, 1.54) is 24.0 Å². The lowest BCUT2D eigenvalue weighted by atomic mass is 9.87. The molecule has 0 aliphatic carbocycles. The van der Waals surface area contributed by atoms with Gasteiger partial charge in [-0.15, -0.1) is 11.3 Å². The molecule has 2 aromatic carbocycles. The fraction of sp³-hybridized carbons (Fsp3) is 0.419. The molecule has 1 aliphatic heterocycles. The van der Waals surface area contributed by atoms with Gasteiger partial charge in [0, 0.05) is 12.0 Å². The van der Waals surface area contributed by atoms with Crippen molar-refractivity contribution in [2.45, 2.75) is 65.4 Å². The van der Waals surface area contributed by atoms with Crippen molar-refractivity contribution in [1.29, 1.82) is 0 Å². The van der Waals surface area contributed by atoms with Gasteiger partial charge in [0.1, 0.15) is 29.5 Å². The highest BCUT2D eigenvalue weighted by atomic mass is 79.9. The Morgan fingerprint density at radius 3 is 2.65 bits per heavy atom. The summed E-state index contributed by atoms with van der Waals surface area (Å²) in [6.45, 7) is 13.0. The molecule has 40 heavy (non-hydrogen) atoms. The third kappa shape index (κ3) is 6.81. The standard InChI is InChI=1S/C31H36BrNO6S/c1-18-19(2)29-23(20(3)28(18)37-14-8-7-9-27(34)36-6)12-13-31(5,39-29)17-38-25-11-10-22(15-24(25)32)16-26-30(35)33-21(4)40-26/h10-11,15-16H,4,7-9,12-14,17H2,1-3,5-6H3,(H,33,35)/b26-16+/t31-/m0/s1. The van der Waals surface area contributed by atoms with Crippen molar-refractivity contribution in [2.75, 3.05) is 20.3 Å². The molecule has 1 N–H and O–H groups in total. The van der Waals surface area contributed by atoms with Crippen molar-refractivity contribution in [1.82, 2.24) is 4.98 Å². The van der Waals surface area contributed by atoms with Crippen LogP contribution in [-0.2, 0) is 16.0 Å². The van der Waals surface area contributed by atoms with Gasteiger partial charge in [0.25, 0.3) is 5.56 Å². The first-order valence-electron chi connectivity index (χ1n) is 13.3. The number of thiazole rings is 1. The Hall–Kier alpha value is -3.04. The van der Waals surface area contributed by atoms with E-state index in [0.29, 0.717) is 34.6 Å². The SMILES string of the molecule is C=c1[nH]c(=O)/c(=C\c2ccc(OC[C@]3(C)CCc4c(C)c(OCCCCC(=O)OC)c(C)c(C)c4O3)c(Br)c2)s1. The van der Waals surface area contributed by atoms with E-state index in [2.05, 4.69) is 55.2 Å². The molecule has 0 bridgehead atoms. The average molecular weight is 631 g/mol. The predicted molar refractivity (Wildman–Crippen MR) is 162 cm³/mol. The molecule has 214 valence electrons. The molecule has 3 aromatic rings. The second kappa shape index (κ2) is 12.6. The van der Waals surface area contributed by atoms with Crippen molar-refractivity contribution in [3.05, 3.63) is 70.0 Å². The maximum atomic E-state index is 12.0. The van der Waals surface area contributed by atoms with Crippen LogP contribution < -0.4 is 29.0 Å². The molecule has 9 heteroatoms. The van der Waals surface area contributed by atoms with Gasteiger partial charge in [-0.3, -0.25) is 9.59 Å². The highest BCUT2D eigenvalue weighted by Gasteiger charge is 2.35. The van der Waals surface area contributed by atoms with Crippen molar-refractivity contribution < 1.29 is 23.7 Å². The summed E-state index contributed by atoms with van der Waals surface area (Å²) in [7, 11) is 1.41. The molecule has 7 nitrogen and oxygen atoms in total. The number of benzene rings is 2. The molecule has 0 saturated carbocycles. The van der Waals surface area contributed by atoms with Gasteiger partial charge in [-0.1, -0.05) is 12.6 Å². The van der Waals surface area contributed by atoms with Crippen LogP contribution in [0.1, 0.15) is 60.4 Å². The number of H-pyrrole nitrogens is 1. The van der Waals surface area contributed by atoms with Gasteiger partial charge in [0.15, 0.2) is 0 Å².